The molecule has 1 aromatic carbocycles. The van der Waals surface area contributed by atoms with Crippen LogP contribution in [0.15, 0.2) is 24.3 Å². The number of hydrogen-bond donors (Lipinski definition) is 1. The van der Waals surface area contributed by atoms with Crippen LogP contribution in [0, 0.1) is 5.41 Å². The molecule has 0 amide bonds. The Bertz CT molecular complexity index is 398. The predicted octanol–water partition coefficient (Wildman–Crippen LogP) is 4.55. The van der Waals surface area contributed by atoms with E-state index in [9.17, 15) is 5.11 Å². The molecule has 2 heteroatoms. The molecule has 0 bridgehead atoms. The van der Waals surface area contributed by atoms with Gasteiger partial charge in [-0.1, -0.05) is 60.1 Å². The van der Waals surface area contributed by atoms with Gasteiger partial charge in [-0.25, -0.2) is 0 Å². The Hall–Kier alpha value is -1.02. The zero-order valence-corrected chi connectivity index (χ0v) is 13.9. The lowest BCUT2D eigenvalue weighted by molar-refractivity contribution is 0.0650. The maximum Gasteiger partial charge on any atom is 0.119 e. The van der Waals surface area contributed by atoms with Gasteiger partial charge in [-0.2, -0.15) is 0 Å². The molecule has 0 saturated carbocycles. The second-order valence-electron chi connectivity index (χ2n) is 7.46. The SMILES string of the molecule is CCC(C)(C)CC(O)COc1ccc(C(C)(C)C)cc1. The molecule has 0 spiro atoms. The van der Waals surface area contributed by atoms with E-state index in [4.69, 9.17) is 4.74 Å². The molecule has 0 aromatic heterocycles. The lowest BCUT2D eigenvalue weighted by atomic mass is 9.84. The Morgan fingerprint density at radius 1 is 1.05 bits per heavy atom. The largest absolute Gasteiger partial charge is 0.491 e. The zero-order valence-electron chi connectivity index (χ0n) is 13.9. The van der Waals surface area contributed by atoms with Crippen molar-refractivity contribution >= 4 is 0 Å². The van der Waals surface area contributed by atoms with Crippen LogP contribution in [0.5, 0.6) is 5.75 Å². The molecule has 1 N–H and O–H groups in total. The van der Waals surface area contributed by atoms with Crippen molar-refractivity contribution in [1.29, 1.82) is 0 Å². The Morgan fingerprint density at radius 3 is 2.05 bits per heavy atom. The fourth-order valence-electron chi connectivity index (χ4n) is 2.08. The number of rotatable bonds is 6. The van der Waals surface area contributed by atoms with Crippen LogP contribution >= 0.6 is 0 Å². The Kier molecular flexibility index (Phi) is 5.64. The monoisotopic (exact) mass is 278 g/mol. The van der Waals surface area contributed by atoms with E-state index in [1.165, 1.54) is 5.56 Å². The van der Waals surface area contributed by atoms with Gasteiger partial charge in [0, 0.05) is 0 Å². The number of hydrogen-bond acceptors (Lipinski definition) is 2. The third-order valence-electron chi connectivity index (χ3n) is 3.91. The lowest BCUT2D eigenvalue weighted by Gasteiger charge is -2.25. The molecule has 0 aliphatic carbocycles. The number of aliphatic hydroxyl groups excluding tert-OH is 1. The summed E-state index contributed by atoms with van der Waals surface area (Å²) in [7, 11) is 0. The third-order valence-corrected chi connectivity index (χ3v) is 3.91. The molecule has 0 aliphatic rings. The fourth-order valence-corrected chi connectivity index (χ4v) is 2.08. The van der Waals surface area contributed by atoms with Crippen molar-refractivity contribution in [2.75, 3.05) is 6.61 Å². The van der Waals surface area contributed by atoms with Gasteiger partial charge in [-0.15, -0.1) is 0 Å². The molecular formula is C18H30O2. The molecule has 0 fully saturated rings. The van der Waals surface area contributed by atoms with Crippen molar-refractivity contribution in [3.05, 3.63) is 29.8 Å². The standard InChI is InChI=1S/C18H30O2/c1-7-18(5,6)12-15(19)13-20-16-10-8-14(9-11-16)17(2,3)4/h8-11,15,19H,7,12-13H2,1-6H3. The van der Waals surface area contributed by atoms with Crippen LogP contribution in [-0.2, 0) is 5.41 Å². The normalized spacial score (nSPS) is 14.2. The van der Waals surface area contributed by atoms with Gasteiger partial charge in [0.05, 0.1) is 6.10 Å². The van der Waals surface area contributed by atoms with Crippen molar-refractivity contribution in [3.63, 3.8) is 0 Å². The van der Waals surface area contributed by atoms with Crippen molar-refractivity contribution in [1.82, 2.24) is 0 Å². The first-order valence-corrected chi connectivity index (χ1v) is 7.55. The first-order valence-electron chi connectivity index (χ1n) is 7.55. The summed E-state index contributed by atoms with van der Waals surface area (Å²) in [4.78, 5) is 0. The number of aliphatic hydroxyl groups is 1. The van der Waals surface area contributed by atoms with Crippen LogP contribution in [0.2, 0.25) is 0 Å². The smallest absolute Gasteiger partial charge is 0.119 e. The van der Waals surface area contributed by atoms with E-state index in [1.807, 2.05) is 12.1 Å². The van der Waals surface area contributed by atoms with E-state index < -0.39 is 6.10 Å². The molecule has 1 atom stereocenters. The molecule has 20 heavy (non-hydrogen) atoms. The zero-order chi connectivity index (χ0) is 15.4. The molecular weight excluding hydrogens is 248 g/mol. The predicted molar refractivity (Wildman–Crippen MR) is 85.3 cm³/mol. The van der Waals surface area contributed by atoms with E-state index in [2.05, 4.69) is 53.7 Å². The Labute approximate surface area is 124 Å². The van der Waals surface area contributed by atoms with E-state index in [1.54, 1.807) is 0 Å². The molecule has 0 radical (unpaired) electrons. The van der Waals surface area contributed by atoms with Crippen LogP contribution in [0.25, 0.3) is 0 Å². The van der Waals surface area contributed by atoms with E-state index in [-0.39, 0.29) is 10.8 Å². The summed E-state index contributed by atoms with van der Waals surface area (Å²) in [5.74, 6) is 0.825. The maximum absolute atomic E-state index is 10.0. The molecule has 1 aromatic rings. The Morgan fingerprint density at radius 2 is 1.60 bits per heavy atom. The average Bonchev–Trinajstić information content (AvgIpc) is 2.35. The first kappa shape index (κ1) is 17.0. The molecule has 114 valence electrons. The molecule has 0 saturated heterocycles. The van der Waals surface area contributed by atoms with Gasteiger partial charge in [0.2, 0.25) is 0 Å². The van der Waals surface area contributed by atoms with Crippen LogP contribution < -0.4 is 4.74 Å². The van der Waals surface area contributed by atoms with Gasteiger partial charge in [-0.05, 0) is 34.9 Å². The maximum atomic E-state index is 10.0. The van der Waals surface area contributed by atoms with E-state index in [0.29, 0.717) is 6.61 Å². The highest BCUT2D eigenvalue weighted by Crippen LogP contribution is 2.27. The van der Waals surface area contributed by atoms with Gasteiger partial charge < -0.3 is 9.84 Å². The summed E-state index contributed by atoms with van der Waals surface area (Å²) in [5, 5.41) is 10.0. The lowest BCUT2D eigenvalue weighted by Crippen LogP contribution is -2.25. The highest BCUT2D eigenvalue weighted by atomic mass is 16.5. The van der Waals surface area contributed by atoms with Gasteiger partial charge in [-0.3, -0.25) is 0 Å². The van der Waals surface area contributed by atoms with Crippen molar-refractivity contribution in [2.45, 2.75) is 65.9 Å². The summed E-state index contributed by atoms with van der Waals surface area (Å²) < 4.78 is 5.68. The topological polar surface area (TPSA) is 29.5 Å². The molecule has 2 nitrogen and oxygen atoms in total. The van der Waals surface area contributed by atoms with Gasteiger partial charge in [0.25, 0.3) is 0 Å². The molecule has 1 rings (SSSR count). The molecule has 1 unspecified atom stereocenters. The van der Waals surface area contributed by atoms with Gasteiger partial charge in [0.15, 0.2) is 0 Å². The summed E-state index contributed by atoms with van der Waals surface area (Å²) in [5.41, 5.74) is 1.61. The summed E-state index contributed by atoms with van der Waals surface area (Å²) in [6.45, 7) is 13.4. The fraction of sp³-hybridized carbons (Fsp3) is 0.667. The second kappa shape index (κ2) is 6.62. The van der Waals surface area contributed by atoms with E-state index >= 15 is 0 Å². The minimum absolute atomic E-state index is 0.156. The average molecular weight is 278 g/mol. The second-order valence-corrected chi connectivity index (χ2v) is 7.46. The number of ether oxygens (including phenoxy) is 1. The summed E-state index contributed by atoms with van der Waals surface area (Å²) >= 11 is 0. The first-order chi connectivity index (χ1) is 9.14. The van der Waals surface area contributed by atoms with Crippen molar-refractivity contribution in [2.24, 2.45) is 5.41 Å². The highest BCUT2D eigenvalue weighted by molar-refractivity contribution is 5.31. The van der Waals surface area contributed by atoms with Crippen LogP contribution in [0.4, 0.5) is 0 Å². The van der Waals surface area contributed by atoms with Crippen LogP contribution in [-0.4, -0.2) is 17.8 Å². The minimum Gasteiger partial charge on any atom is -0.491 e. The third kappa shape index (κ3) is 5.54. The summed E-state index contributed by atoms with van der Waals surface area (Å²) in [6.07, 6.45) is 1.42. The van der Waals surface area contributed by atoms with Crippen molar-refractivity contribution < 1.29 is 9.84 Å². The van der Waals surface area contributed by atoms with Crippen LogP contribution in [0.3, 0.4) is 0 Å². The summed E-state index contributed by atoms with van der Waals surface area (Å²) in [6, 6.07) is 8.16. The Balaban J connectivity index is 2.50. The van der Waals surface area contributed by atoms with Crippen LogP contribution in [0.1, 0.15) is 59.9 Å². The van der Waals surface area contributed by atoms with E-state index in [0.717, 1.165) is 18.6 Å². The molecule has 0 aliphatic heterocycles. The van der Waals surface area contributed by atoms with Crippen molar-refractivity contribution in [3.8, 4) is 5.75 Å². The highest BCUT2D eigenvalue weighted by Gasteiger charge is 2.20. The molecule has 0 heterocycles. The quantitative estimate of drug-likeness (QED) is 0.827. The number of benzene rings is 1. The van der Waals surface area contributed by atoms with Gasteiger partial charge in [0.1, 0.15) is 12.4 Å². The van der Waals surface area contributed by atoms with Gasteiger partial charge >= 0.3 is 0 Å². The minimum atomic E-state index is -0.410.